The number of anilines is 1. The molecule has 2 amide bonds. The van der Waals surface area contributed by atoms with Crippen LogP contribution in [0.3, 0.4) is 0 Å². The Balaban J connectivity index is 1.31. The van der Waals surface area contributed by atoms with Crippen LogP contribution in [0.5, 0.6) is 11.5 Å². The highest BCUT2D eigenvalue weighted by Gasteiger charge is 2.34. The number of ether oxygens (including phenoxy) is 2. The minimum Gasteiger partial charge on any atom is -0.494 e. The van der Waals surface area contributed by atoms with Gasteiger partial charge in [0.1, 0.15) is 11.5 Å². The topological polar surface area (TPSA) is 67.9 Å². The van der Waals surface area contributed by atoms with Crippen LogP contribution in [0.15, 0.2) is 42.5 Å². The average molecular weight is 394 g/mol. The number of hydrogen-bond donors (Lipinski definition) is 1. The number of amides is 2. The number of carbonyl (C=O) groups excluding carboxylic acids is 2. The molecule has 2 aliphatic rings. The number of nitrogens with zero attached hydrogens (tertiary/aromatic N) is 1. The molecule has 1 fully saturated rings. The fourth-order valence-corrected chi connectivity index (χ4v) is 3.56. The summed E-state index contributed by atoms with van der Waals surface area (Å²) < 4.78 is 10.9. The van der Waals surface area contributed by atoms with Gasteiger partial charge in [-0.15, -0.1) is 0 Å². The lowest BCUT2D eigenvalue weighted by Crippen LogP contribution is -2.36. The predicted octanol–water partition coefficient (Wildman–Crippen LogP) is 3.40. The molecule has 1 saturated carbocycles. The van der Waals surface area contributed by atoms with E-state index in [0.29, 0.717) is 18.9 Å². The van der Waals surface area contributed by atoms with Crippen LogP contribution in [-0.4, -0.2) is 36.5 Å². The maximum Gasteiger partial charge on any atom is 0.262 e. The molecule has 1 N–H and O–H groups in total. The standard InChI is InChI=1S/C23H26N2O4/c1-2-28-20-7-9-21(10-8-20)29-15-22(26)24-19-6-5-16-11-12-25(14-18(16)13-19)23(27)17-3-4-17/h5-10,13,17H,2-4,11-12,14-15H2,1H3,(H,24,26). The molecule has 0 saturated heterocycles. The summed E-state index contributed by atoms with van der Waals surface area (Å²) in [5, 5.41) is 2.88. The molecule has 4 rings (SSSR count). The van der Waals surface area contributed by atoms with Gasteiger partial charge in [0.2, 0.25) is 5.91 Å². The second kappa shape index (κ2) is 8.55. The van der Waals surface area contributed by atoms with Crippen LogP contribution in [0.25, 0.3) is 0 Å². The van der Waals surface area contributed by atoms with Crippen molar-refractivity contribution in [2.75, 3.05) is 25.1 Å². The minimum atomic E-state index is -0.222. The van der Waals surface area contributed by atoms with Crippen LogP contribution in [0.2, 0.25) is 0 Å². The molecular weight excluding hydrogens is 368 g/mol. The van der Waals surface area contributed by atoms with Gasteiger partial charge < -0.3 is 19.7 Å². The third kappa shape index (κ3) is 4.88. The van der Waals surface area contributed by atoms with E-state index in [9.17, 15) is 9.59 Å². The third-order valence-electron chi connectivity index (χ3n) is 5.25. The Hall–Kier alpha value is -3.02. The van der Waals surface area contributed by atoms with Crippen LogP contribution in [0.1, 0.15) is 30.9 Å². The van der Waals surface area contributed by atoms with E-state index in [4.69, 9.17) is 9.47 Å². The van der Waals surface area contributed by atoms with Crippen LogP contribution in [0, 0.1) is 5.92 Å². The molecular formula is C23H26N2O4. The van der Waals surface area contributed by atoms with E-state index in [1.165, 1.54) is 5.56 Å². The first-order chi connectivity index (χ1) is 14.1. The van der Waals surface area contributed by atoms with Gasteiger partial charge in [-0.05, 0) is 73.7 Å². The molecule has 1 heterocycles. The zero-order valence-corrected chi connectivity index (χ0v) is 16.6. The highest BCUT2D eigenvalue weighted by Crippen LogP contribution is 2.33. The number of benzene rings is 2. The molecule has 29 heavy (non-hydrogen) atoms. The summed E-state index contributed by atoms with van der Waals surface area (Å²) in [6, 6.07) is 13.1. The molecule has 0 spiro atoms. The highest BCUT2D eigenvalue weighted by atomic mass is 16.5. The van der Waals surface area contributed by atoms with Gasteiger partial charge in [0, 0.05) is 24.7 Å². The Morgan fingerprint density at radius 2 is 1.76 bits per heavy atom. The summed E-state index contributed by atoms with van der Waals surface area (Å²) in [6.45, 7) is 3.87. The monoisotopic (exact) mass is 394 g/mol. The zero-order chi connectivity index (χ0) is 20.2. The molecule has 6 nitrogen and oxygen atoms in total. The summed E-state index contributed by atoms with van der Waals surface area (Å²) in [7, 11) is 0. The zero-order valence-electron chi connectivity index (χ0n) is 16.6. The summed E-state index contributed by atoms with van der Waals surface area (Å²) in [4.78, 5) is 26.6. The Kier molecular flexibility index (Phi) is 5.69. The van der Waals surface area contributed by atoms with E-state index in [1.54, 1.807) is 12.1 Å². The molecule has 1 aliphatic heterocycles. The Morgan fingerprint density at radius 1 is 1.03 bits per heavy atom. The fourth-order valence-electron chi connectivity index (χ4n) is 3.56. The Bertz CT molecular complexity index is 890. The lowest BCUT2D eigenvalue weighted by atomic mass is 9.98. The van der Waals surface area contributed by atoms with Crippen molar-refractivity contribution in [1.29, 1.82) is 0 Å². The second-order valence-electron chi connectivity index (χ2n) is 7.51. The number of nitrogens with one attached hydrogen (secondary N) is 1. The van der Waals surface area contributed by atoms with Gasteiger partial charge >= 0.3 is 0 Å². The maximum atomic E-state index is 12.3. The van der Waals surface area contributed by atoms with Crippen molar-refractivity contribution < 1.29 is 19.1 Å². The first-order valence-corrected chi connectivity index (χ1v) is 10.2. The molecule has 1 aliphatic carbocycles. The number of rotatable bonds is 7. The quantitative estimate of drug-likeness (QED) is 0.782. The van der Waals surface area contributed by atoms with E-state index in [-0.39, 0.29) is 24.3 Å². The number of carbonyl (C=O) groups is 2. The number of fused-ring (bicyclic) bond motifs is 1. The van der Waals surface area contributed by atoms with E-state index in [1.807, 2.05) is 42.2 Å². The van der Waals surface area contributed by atoms with Gasteiger partial charge in [-0.2, -0.15) is 0 Å². The summed E-state index contributed by atoms with van der Waals surface area (Å²) in [5.41, 5.74) is 3.08. The van der Waals surface area contributed by atoms with Crippen LogP contribution < -0.4 is 14.8 Å². The van der Waals surface area contributed by atoms with Crippen molar-refractivity contribution >= 4 is 17.5 Å². The van der Waals surface area contributed by atoms with Gasteiger partial charge in [0.15, 0.2) is 6.61 Å². The lowest BCUT2D eigenvalue weighted by Gasteiger charge is -2.29. The first kappa shape index (κ1) is 19.3. The van der Waals surface area contributed by atoms with Crippen LogP contribution >= 0.6 is 0 Å². The SMILES string of the molecule is CCOc1ccc(OCC(=O)Nc2ccc3c(c2)CN(C(=O)C2CC2)CC3)cc1. The largest absolute Gasteiger partial charge is 0.494 e. The van der Waals surface area contributed by atoms with Crippen molar-refractivity contribution in [3.05, 3.63) is 53.6 Å². The van der Waals surface area contributed by atoms with E-state index >= 15 is 0 Å². The van der Waals surface area contributed by atoms with Gasteiger partial charge in [0.25, 0.3) is 5.91 Å². The van der Waals surface area contributed by atoms with Gasteiger partial charge in [-0.3, -0.25) is 9.59 Å². The third-order valence-corrected chi connectivity index (χ3v) is 5.25. The summed E-state index contributed by atoms with van der Waals surface area (Å²) >= 11 is 0. The first-order valence-electron chi connectivity index (χ1n) is 10.2. The van der Waals surface area contributed by atoms with Crippen molar-refractivity contribution in [3.8, 4) is 11.5 Å². The summed E-state index contributed by atoms with van der Waals surface area (Å²) in [6.07, 6.45) is 2.90. The maximum absolute atomic E-state index is 12.3. The van der Waals surface area contributed by atoms with Crippen molar-refractivity contribution in [2.24, 2.45) is 5.92 Å². The molecule has 0 atom stereocenters. The van der Waals surface area contributed by atoms with Gasteiger partial charge in [0.05, 0.1) is 6.61 Å². The second-order valence-corrected chi connectivity index (χ2v) is 7.51. The molecule has 0 bridgehead atoms. The molecule has 0 unspecified atom stereocenters. The summed E-state index contributed by atoms with van der Waals surface area (Å²) in [5.74, 6) is 1.67. The van der Waals surface area contributed by atoms with E-state index in [0.717, 1.165) is 42.8 Å². The van der Waals surface area contributed by atoms with E-state index in [2.05, 4.69) is 5.32 Å². The van der Waals surface area contributed by atoms with Gasteiger partial charge in [-0.1, -0.05) is 6.07 Å². The smallest absolute Gasteiger partial charge is 0.262 e. The average Bonchev–Trinajstić information content (AvgIpc) is 3.58. The molecule has 2 aromatic carbocycles. The van der Waals surface area contributed by atoms with Gasteiger partial charge in [-0.25, -0.2) is 0 Å². The highest BCUT2D eigenvalue weighted by molar-refractivity contribution is 5.92. The van der Waals surface area contributed by atoms with Crippen LogP contribution in [0.4, 0.5) is 5.69 Å². The minimum absolute atomic E-state index is 0.0721. The normalized spacial score (nSPS) is 15.4. The predicted molar refractivity (Wildman–Crippen MR) is 110 cm³/mol. The molecule has 152 valence electrons. The molecule has 0 aromatic heterocycles. The van der Waals surface area contributed by atoms with Crippen molar-refractivity contribution in [2.45, 2.75) is 32.7 Å². The number of hydrogen-bond acceptors (Lipinski definition) is 4. The van der Waals surface area contributed by atoms with Crippen molar-refractivity contribution in [3.63, 3.8) is 0 Å². The molecule has 0 radical (unpaired) electrons. The van der Waals surface area contributed by atoms with Crippen molar-refractivity contribution in [1.82, 2.24) is 4.90 Å². The Morgan fingerprint density at radius 3 is 2.45 bits per heavy atom. The fraction of sp³-hybridized carbons (Fsp3) is 0.391. The molecule has 6 heteroatoms. The lowest BCUT2D eigenvalue weighted by molar-refractivity contribution is -0.133. The Labute approximate surface area is 170 Å². The molecule has 2 aromatic rings. The van der Waals surface area contributed by atoms with E-state index < -0.39 is 0 Å². The van der Waals surface area contributed by atoms with Crippen LogP contribution in [-0.2, 0) is 22.6 Å².